The number of hydrogen-bond acceptors (Lipinski definition) is 10. The summed E-state index contributed by atoms with van der Waals surface area (Å²) in [6.07, 6.45) is 38.6. The molecule has 0 bridgehead atoms. The first-order valence-electron chi connectivity index (χ1n) is 20.3. The van der Waals surface area contributed by atoms with Gasteiger partial charge in [-0.3, -0.25) is 9.59 Å². The van der Waals surface area contributed by atoms with Gasteiger partial charge in [-0.2, -0.15) is 0 Å². The number of aliphatic hydroxyl groups excluding tert-OH is 4. The van der Waals surface area contributed by atoms with Crippen LogP contribution in [0.2, 0.25) is 0 Å². The largest absolute Gasteiger partial charge is 0.462 e. The number of unbranched alkanes of at least 4 members (excludes halogenated alkanes) is 4. The second-order valence-electron chi connectivity index (χ2n) is 13.3. The van der Waals surface area contributed by atoms with Crippen LogP contribution in [0.3, 0.4) is 0 Å². The van der Waals surface area contributed by atoms with Crippen molar-refractivity contribution in [3.05, 3.63) is 97.2 Å². The summed E-state index contributed by atoms with van der Waals surface area (Å²) in [4.78, 5) is 25.2. The molecule has 1 heterocycles. The molecule has 0 amide bonds. The second kappa shape index (κ2) is 35.1. The maximum absolute atomic E-state index is 12.7. The van der Waals surface area contributed by atoms with Gasteiger partial charge in [-0.25, -0.2) is 0 Å². The summed E-state index contributed by atoms with van der Waals surface area (Å²) in [6.45, 7) is 3.05. The maximum Gasteiger partial charge on any atom is 0.306 e. The van der Waals surface area contributed by atoms with Gasteiger partial charge in [-0.05, 0) is 77.0 Å². The van der Waals surface area contributed by atoms with E-state index in [2.05, 4.69) is 98.9 Å². The van der Waals surface area contributed by atoms with Gasteiger partial charge in [0.2, 0.25) is 0 Å². The first-order chi connectivity index (χ1) is 26.8. The molecule has 0 saturated carbocycles. The van der Waals surface area contributed by atoms with Crippen LogP contribution >= 0.6 is 0 Å². The van der Waals surface area contributed by atoms with Crippen molar-refractivity contribution in [1.29, 1.82) is 0 Å². The average molecular weight is 771 g/mol. The Morgan fingerprint density at radius 1 is 0.564 bits per heavy atom. The lowest BCUT2D eigenvalue weighted by atomic mass is 9.99. The van der Waals surface area contributed by atoms with E-state index < -0.39 is 55.4 Å². The van der Waals surface area contributed by atoms with Crippen LogP contribution in [0.4, 0.5) is 0 Å². The van der Waals surface area contributed by atoms with E-state index in [0.29, 0.717) is 12.8 Å². The number of aliphatic hydroxyl groups is 4. The van der Waals surface area contributed by atoms with Crippen LogP contribution in [0.1, 0.15) is 117 Å². The molecule has 0 aromatic rings. The third-order valence-corrected chi connectivity index (χ3v) is 8.48. The smallest absolute Gasteiger partial charge is 0.306 e. The molecule has 0 radical (unpaired) electrons. The van der Waals surface area contributed by atoms with Crippen LogP contribution < -0.4 is 0 Å². The third-order valence-electron chi connectivity index (χ3n) is 8.48. The normalized spacial score (nSPS) is 21.6. The molecule has 1 aliphatic rings. The van der Waals surface area contributed by atoms with Gasteiger partial charge in [-0.1, -0.05) is 124 Å². The van der Waals surface area contributed by atoms with E-state index in [1.165, 1.54) is 0 Å². The summed E-state index contributed by atoms with van der Waals surface area (Å²) >= 11 is 0. The lowest BCUT2D eigenvalue weighted by molar-refractivity contribution is -0.305. The van der Waals surface area contributed by atoms with Crippen LogP contribution in [0.25, 0.3) is 0 Å². The van der Waals surface area contributed by atoms with E-state index in [0.717, 1.165) is 77.0 Å². The van der Waals surface area contributed by atoms with Crippen LogP contribution in [0.5, 0.6) is 0 Å². The van der Waals surface area contributed by atoms with Gasteiger partial charge in [-0.15, -0.1) is 0 Å². The Morgan fingerprint density at radius 3 is 1.58 bits per heavy atom. The number of allylic oxidation sites excluding steroid dienone is 16. The molecular formula is C45H70O10. The van der Waals surface area contributed by atoms with E-state index in [1.54, 1.807) is 0 Å². The fourth-order valence-corrected chi connectivity index (χ4v) is 5.31. The SMILES string of the molecule is CC/C=C\C/C=C\C/C=C\C/C=C\CCCCCCC(=O)OC(COC(=O)CC/C=C\C/C=C\C/C=C\C/C=C\CC)COC1OC(CO)C(O)C(O)C1O. The van der Waals surface area contributed by atoms with Gasteiger partial charge in [0.25, 0.3) is 0 Å². The summed E-state index contributed by atoms with van der Waals surface area (Å²) < 4.78 is 22.0. The minimum absolute atomic E-state index is 0.142. The molecule has 1 fully saturated rings. The number of hydrogen-bond donors (Lipinski definition) is 4. The average Bonchev–Trinajstić information content (AvgIpc) is 3.18. The lowest BCUT2D eigenvalue weighted by Gasteiger charge is -2.39. The molecule has 6 atom stereocenters. The van der Waals surface area contributed by atoms with E-state index >= 15 is 0 Å². The Bertz CT molecular complexity index is 1210. The van der Waals surface area contributed by atoms with E-state index in [-0.39, 0.29) is 26.1 Å². The highest BCUT2D eigenvalue weighted by molar-refractivity contribution is 5.70. The van der Waals surface area contributed by atoms with E-state index in [4.69, 9.17) is 18.9 Å². The van der Waals surface area contributed by atoms with Crippen molar-refractivity contribution in [2.45, 2.75) is 153 Å². The molecule has 1 saturated heterocycles. The molecule has 6 unspecified atom stereocenters. The molecule has 0 spiro atoms. The Kier molecular flexibility index (Phi) is 31.6. The quantitative estimate of drug-likeness (QED) is 0.0310. The third kappa shape index (κ3) is 27.0. The molecule has 310 valence electrons. The summed E-state index contributed by atoms with van der Waals surface area (Å²) in [5.74, 6) is -0.943. The molecule has 10 heteroatoms. The number of rotatable bonds is 31. The van der Waals surface area contributed by atoms with Crippen molar-refractivity contribution in [2.75, 3.05) is 19.8 Å². The molecule has 1 aliphatic heterocycles. The van der Waals surface area contributed by atoms with Crippen molar-refractivity contribution in [3.8, 4) is 0 Å². The fraction of sp³-hybridized carbons (Fsp3) is 0.600. The highest BCUT2D eigenvalue weighted by Gasteiger charge is 2.44. The highest BCUT2D eigenvalue weighted by atomic mass is 16.7. The first-order valence-corrected chi connectivity index (χ1v) is 20.3. The predicted octanol–water partition coefficient (Wildman–Crippen LogP) is 7.99. The summed E-state index contributed by atoms with van der Waals surface area (Å²) in [5.41, 5.74) is 0. The summed E-state index contributed by atoms with van der Waals surface area (Å²) in [6, 6.07) is 0. The minimum atomic E-state index is -1.61. The highest BCUT2D eigenvalue weighted by Crippen LogP contribution is 2.22. The van der Waals surface area contributed by atoms with Crippen molar-refractivity contribution in [2.24, 2.45) is 0 Å². The van der Waals surface area contributed by atoms with Crippen molar-refractivity contribution >= 4 is 11.9 Å². The molecule has 10 nitrogen and oxygen atoms in total. The number of esters is 2. The van der Waals surface area contributed by atoms with Gasteiger partial charge in [0.05, 0.1) is 13.2 Å². The lowest BCUT2D eigenvalue weighted by Crippen LogP contribution is -2.59. The van der Waals surface area contributed by atoms with Crippen LogP contribution in [-0.2, 0) is 28.5 Å². The zero-order valence-corrected chi connectivity index (χ0v) is 33.4. The fourth-order valence-electron chi connectivity index (χ4n) is 5.31. The standard InChI is InChI=1S/C45H70O10/c1-3-5-7-9-11-13-15-17-18-19-20-22-24-26-28-30-32-34-41(48)54-38(37-53-45-44(51)43(50)42(49)39(35-46)55-45)36-52-40(47)33-31-29-27-25-23-21-16-14-12-10-8-6-4-2/h5-8,11-14,17-18,20-23,27,29,38-39,42-46,49-51H,3-4,9-10,15-16,19,24-26,28,30-37H2,1-2H3/b7-5-,8-6-,13-11-,14-12-,18-17-,22-20-,23-21-,29-27-. The number of carbonyl (C=O) groups is 2. The first kappa shape index (κ1) is 49.6. The Labute approximate surface area is 330 Å². The maximum atomic E-state index is 12.7. The van der Waals surface area contributed by atoms with Gasteiger partial charge < -0.3 is 39.4 Å². The minimum Gasteiger partial charge on any atom is -0.462 e. The van der Waals surface area contributed by atoms with Crippen molar-refractivity contribution in [1.82, 2.24) is 0 Å². The monoisotopic (exact) mass is 770 g/mol. The molecule has 0 aromatic carbocycles. The predicted molar refractivity (Wildman–Crippen MR) is 219 cm³/mol. The van der Waals surface area contributed by atoms with Crippen LogP contribution in [0.15, 0.2) is 97.2 Å². The van der Waals surface area contributed by atoms with Gasteiger partial charge in [0.1, 0.15) is 31.0 Å². The van der Waals surface area contributed by atoms with Crippen LogP contribution in [-0.4, -0.2) is 89.0 Å². The van der Waals surface area contributed by atoms with Gasteiger partial charge >= 0.3 is 11.9 Å². The molecule has 1 rings (SSSR count). The number of ether oxygens (including phenoxy) is 4. The van der Waals surface area contributed by atoms with Crippen molar-refractivity contribution < 1.29 is 49.0 Å². The molecular weight excluding hydrogens is 700 g/mol. The summed E-state index contributed by atoms with van der Waals surface area (Å²) in [7, 11) is 0. The zero-order valence-electron chi connectivity index (χ0n) is 33.4. The second-order valence-corrected chi connectivity index (χ2v) is 13.3. The number of carbonyl (C=O) groups excluding carboxylic acids is 2. The van der Waals surface area contributed by atoms with E-state index in [9.17, 15) is 30.0 Å². The Hall–Kier alpha value is -3.38. The topological polar surface area (TPSA) is 152 Å². The van der Waals surface area contributed by atoms with Crippen LogP contribution in [0, 0.1) is 0 Å². The molecule has 4 N–H and O–H groups in total. The van der Waals surface area contributed by atoms with Gasteiger partial charge in [0, 0.05) is 12.8 Å². The van der Waals surface area contributed by atoms with Crippen molar-refractivity contribution in [3.63, 3.8) is 0 Å². The van der Waals surface area contributed by atoms with E-state index in [1.807, 2.05) is 12.2 Å². The summed E-state index contributed by atoms with van der Waals surface area (Å²) in [5, 5.41) is 40.0. The Morgan fingerprint density at radius 2 is 1.05 bits per heavy atom. The molecule has 55 heavy (non-hydrogen) atoms. The molecule has 0 aliphatic carbocycles. The Balaban J connectivity index is 2.45. The molecule has 0 aromatic heterocycles. The zero-order chi connectivity index (χ0) is 40.2. The van der Waals surface area contributed by atoms with Gasteiger partial charge in [0.15, 0.2) is 12.4 Å².